The van der Waals surface area contributed by atoms with E-state index in [2.05, 4.69) is 5.32 Å². The monoisotopic (exact) mass is 435 g/mol. The Morgan fingerprint density at radius 1 is 0.767 bits per heavy atom. The Bertz CT molecular complexity index is 670. The van der Waals surface area contributed by atoms with Gasteiger partial charge in [0.2, 0.25) is 23.6 Å². The summed E-state index contributed by atoms with van der Waals surface area (Å²) in [6.45, 7) is -1.92. The van der Waals surface area contributed by atoms with Crippen LogP contribution in [0.5, 0.6) is 0 Å². The van der Waals surface area contributed by atoms with Crippen LogP contribution >= 0.6 is 0 Å². The molecular formula is C15H25N5O10. The summed E-state index contributed by atoms with van der Waals surface area (Å²) >= 11 is 0. The largest absolute Gasteiger partial charge is 0.481 e. The Hall–Kier alpha value is -3.30. The van der Waals surface area contributed by atoms with Crippen molar-refractivity contribution in [3.05, 3.63) is 0 Å². The molecule has 0 heterocycles. The number of hydrogen-bond acceptors (Lipinski definition) is 9. The molecule has 0 aliphatic carbocycles. The molecule has 0 aromatic rings. The van der Waals surface area contributed by atoms with Crippen molar-refractivity contribution in [2.24, 2.45) is 11.5 Å². The molecule has 0 aliphatic rings. The summed E-state index contributed by atoms with van der Waals surface area (Å²) in [5, 5.41) is 42.0. The molecule has 170 valence electrons. The number of aliphatic hydroxyl groups excluding tert-OH is 2. The Morgan fingerprint density at radius 3 is 1.57 bits per heavy atom. The van der Waals surface area contributed by atoms with Crippen LogP contribution in [0.4, 0.5) is 0 Å². The normalized spacial score (nSPS) is 14.5. The predicted octanol–water partition coefficient (Wildman–Crippen LogP) is -5.42. The molecule has 4 amide bonds. The summed E-state index contributed by atoms with van der Waals surface area (Å²) in [5.41, 5.74) is 10.5. The first-order valence-electron chi connectivity index (χ1n) is 8.54. The van der Waals surface area contributed by atoms with Crippen molar-refractivity contribution < 1.29 is 49.2 Å². The zero-order valence-electron chi connectivity index (χ0n) is 15.7. The molecule has 4 unspecified atom stereocenters. The first-order chi connectivity index (χ1) is 13.9. The first-order valence-corrected chi connectivity index (χ1v) is 8.54. The molecule has 0 aliphatic heterocycles. The van der Waals surface area contributed by atoms with Crippen molar-refractivity contribution in [3.8, 4) is 0 Å². The summed E-state index contributed by atoms with van der Waals surface area (Å²) < 4.78 is 0. The summed E-state index contributed by atoms with van der Waals surface area (Å²) in [7, 11) is 0. The summed E-state index contributed by atoms with van der Waals surface area (Å²) in [6, 6.07) is -6.34. The maximum Gasteiger partial charge on any atom is 0.326 e. The van der Waals surface area contributed by atoms with Gasteiger partial charge >= 0.3 is 11.9 Å². The van der Waals surface area contributed by atoms with Gasteiger partial charge in [-0.1, -0.05) is 0 Å². The maximum atomic E-state index is 12.2. The molecule has 0 spiro atoms. The average Bonchev–Trinajstić information content (AvgIpc) is 2.66. The molecule has 0 aromatic carbocycles. The number of carbonyl (C=O) groups is 6. The standard InChI is InChI=1S/C15H25N5O10/c16-6(1-2-10(17)23)12(26)19-8(4-21)14(28)20-9(5-22)13(27)18-7(15(29)30)3-11(24)25/h6-9,21-22H,1-5,16H2,(H2,17,23)(H,18,27)(H,19,26)(H,20,28)(H,24,25)(H,29,30). The van der Waals surface area contributed by atoms with E-state index in [1.807, 2.05) is 10.6 Å². The van der Waals surface area contributed by atoms with Gasteiger partial charge in [0.1, 0.15) is 18.1 Å². The Balaban J connectivity index is 4.97. The van der Waals surface area contributed by atoms with Crippen molar-refractivity contribution >= 4 is 35.6 Å². The highest BCUT2D eigenvalue weighted by Gasteiger charge is 2.30. The van der Waals surface area contributed by atoms with Gasteiger partial charge in [0.15, 0.2) is 0 Å². The molecule has 0 saturated carbocycles. The van der Waals surface area contributed by atoms with Crippen LogP contribution in [0.1, 0.15) is 19.3 Å². The van der Waals surface area contributed by atoms with Crippen LogP contribution in [0, 0.1) is 0 Å². The number of carboxylic acid groups (broad SMARTS) is 2. The second-order valence-electron chi connectivity index (χ2n) is 6.10. The van der Waals surface area contributed by atoms with Gasteiger partial charge in [-0.3, -0.25) is 24.0 Å². The number of nitrogens with two attached hydrogens (primary N) is 2. The average molecular weight is 435 g/mol. The highest BCUT2D eigenvalue weighted by Crippen LogP contribution is 1.98. The van der Waals surface area contributed by atoms with Crippen molar-refractivity contribution in [3.63, 3.8) is 0 Å². The zero-order chi connectivity index (χ0) is 23.4. The van der Waals surface area contributed by atoms with Crippen LogP contribution < -0.4 is 27.4 Å². The van der Waals surface area contributed by atoms with Crippen molar-refractivity contribution in [1.29, 1.82) is 0 Å². The fraction of sp³-hybridized carbons (Fsp3) is 0.600. The summed E-state index contributed by atoms with van der Waals surface area (Å²) in [5.74, 6) is -7.09. The Morgan fingerprint density at radius 2 is 1.20 bits per heavy atom. The lowest BCUT2D eigenvalue weighted by molar-refractivity contribution is -0.147. The van der Waals surface area contributed by atoms with Gasteiger partial charge in [-0.25, -0.2) is 4.79 Å². The van der Waals surface area contributed by atoms with Crippen LogP contribution in [0.25, 0.3) is 0 Å². The van der Waals surface area contributed by atoms with Crippen LogP contribution in [-0.4, -0.2) is 93.4 Å². The Kier molecular flexibility index (Phi) is 11.6. The molecule has 0 rings (SSSR count). The Labute approximate surface area is 169 Å². The number of nitrogens with one attached hydrogen (secondary N) is 3. The van der Waals surface area contributed by atoms with E-state index in [9.17, 15) is 39.0 Å². The molecule has 0 aromatic heterocycles. The molecule has 0 saturated heterocycles. The molecule has 0 radical (unpaired) electrons. The smallest absolute Gasteiger partial charge is 0.326 e. The number of aliphatic hydroxyl groups is 2. The van der Waals surface area contributed by atoms with Crippen LogP contribution in [0.2, 0.25) is 0 Å². The summed E-state index contributed by atoms with van der Waals surface area (Å²) in [6.07, 6.45) is -1.27. The molecule has 0 bridgehead atoms. The third kappa shape index (κ3) is 9.76. The zero-order valence-corrected chi connectivity index (χ0v) is 15.7. The maximum absolute atomic E-state index is 12.2. The van der Waals surface area contributed by atoms with E-state index in [1.54, 1.807) is 0 Å². The second kappa shape index (κ2) is 13.0. The van der Waals surface area contributed by atoms with E-state index in [4.69, 9.17) is 21.7 Å². The van der Waals surface area contributed by atoms with Crippen molar-refractivity contribution in [1.82, 2.24) is 16.0 Å². The van der Waals surface area contributed by atoms with E-state index in [0.717, 1.165) is 0 Å². The van der Waals surface area contributed by atoms with Crippen molar-refractivity contribution in [2.45, 2.75) is 43.4 Å². The van der Waals surface area contributed by atoms with E-state index in [-0.39, 0.29) is 12.8 Å². The van der Waals surface area contributed by atoms with E-state index >= 15 is 0 Å². The van der Waals surface area contributed by atoms with Crippen LogP contribution in [-0.2, 0) is 28.8 Å². The van der Waals surface area contributed by atoms with Gasteiger partial charge in [-0.05, 0) is 6.42 Å². The molecule has 30 heavy (non-hydrogen) atoms. The molecular weight excluding hydrogens is 410 g/mol. The fourth-order valence-corrected chi connectivity index (χ4v) is 2.02. The minimum atomic E-state index is -1.82. The quantitative estimate of drug-likeness (QED) is 0.124. The number of carboxylic acids is 2. The predicted molar refractivity (Wildman–Crippen MR) is 96.3 cm³/mol. The van der Waals surface area contributed by atoms with E-state index in [1.165, 1.54) is 0 Å². The van der Waals surface area contributed by atoms with Gasteiger partial charge in [-0.15, -0.1) is 0 Å². The lowest BCUT2D eigenvalue weighted by atomic mass is 10.1. The second-order valence-corrected chi connectivity index (χ2v) is 6.10. The number of primary amides is 1. The minimum Gasteiger partial charge on any atom is -0.481 e. The number of amides is 4. The summed E-state index contributed by atoms with van der Waals surface area (Å²) in [4.78, 5) is 68.5. The van der Waals surface area contributed by atoms with Crippen LogP contribution in [0.3, 0.4) is 0 Å². The molecule has 15 nitrogen and oxygen atoms in total. The van der Waals surface area contributed by atoms with Gasteiger partial charge in [-0.2, -0.15) is 0 Å². The highest BCUT2D eigenvalue weighted by atomic mass is 16.4. The highest BCUT2D eigenvalue weighted by molar-refractivity contribution is 5.94. The van der Waals surface area contributed by atoms with Gasteiger partial charge in [0.25, 0.3) is 0 Å². The van der Waals surface area contributed by atoms with E-state index in [0.29, 0.717) is 0 Å². The first kappa shape index (κ1) is 26.7. The van der Waals surface area contributed by atoms with Gasteiger partial charge in [0.05, 0.1) is 25.7 Å². The molecule has 4 atom stereocenters. The lowest BCUT2D eigenvalue weighted by Crippen LogP contribution is -2.59. The molecule has 11 N–H and O–H groups in total. The minimum absolute atomic E-state index is 0.122. The number of rotatable bonds is 14. The van der Waals surface area contributed by atoms with Gasteiger partial charge in [0, 0.05) is 6.42 Å². The number of carbonyl (C=O) groups excluding carboxylic acids is 4. The molecule has 15 heteroatoms. The number of hydrogen-bond donors (Lipinski definition) is 9. The third-order valence-corrected chi connectivity index (χ3v) is 3.66. The number of aliphatic carboxylic acids is 2. The van der Waals surface area contributed by atoms with Crippen molar-refractivity contribution in [2.75, 3.05) is 13.2 Å². The van der Waals surface area contributed by atoms with E-state index < -0.39 is 79.4 Å². The third-order valence-electron chi connectivity index (χ3n) is 3.66. The molecule has 0 fully saturated rings. The van der Waals surface area contributed by atoms with Gasteiger partial charge < -0.3 is 47.8 Å². The fourth-order valence-electron chi connectivity index (χ4n) is 2.02. The topological polar surface area (TPSA) is 271 Å². The van der Waals surface area contributed by atoms with Crippen LogP contribution in [0.15, 0.2) is 0 Å². The SMILES string of the molecule is NC(=O)CCC(N)C(=O)NC(CO)C(=O)NC(CO)C(=O)NC(CC(=O)O)C(=O)O. The lowest BCUT2D eigenvalue weighted by Gasteiger charge is -2.23.